The van der Waals surface area contributed by atoms with Crippen molar-refractivity contribution in [3.05, 3.63) is 76.8 Å². The number of anilines is 1. The molecule has 3 aromatic carbocycles. The zero-order valence-corrected chi connectivity index (χ0v) is 26.3. The van der Waals surface area contributed by atoms with Crippen molar-refractivity contribution < 1.29 is 28.5 Å². The number of fused-ring (bicyclic) bond motifs is 1. The Balaban J connectivity index is 1.41. The van der Waals surface area contributed by atoms with Gasteiger partial charge in [0.15, 0.2) is 0 Å². The number of hydrogen-bond donors (Lipinski definition) is 2. The van der Waals surface area contributed by atoms with E-state index in [1.807, 2.05) is 59.5 Å². The molecule has 0 saturated carbocycles. The number of esters is 1. The Morgan fingerprint density at radius 2 is 1.66 bits per heavy atom. The van der Waals surface area contributed by atoms with E-state index < -0.39 is 12.1 Å². The van der Waals surface area contributed by atoms with Gasteiger partial charge in [0.2, 0.25) is 5.91 Å². The molecule has 0 spiro atoms. The van der Waals surface area contributed by atoms with Crippen LogP contribution in [0.3, 0.4) is 0 Å². The van der Waals surface area contributed by atoms with Gasteiger partial charge in [-0.3, -0.25) is 14.5 Å². The van der Waals surface area contributed by atoms with Crippen molar-refractivity contribution in [3.8, 4) is 0 Å². The number of carbonyl (C=O) groups excluding carboxylic acids is 2. The van der Waals surface area contributed by atoms with Crippen LogP contribution in [0.4, 0.5) is 5.69 Å². The minimum atomic E-state index is -0.638. The van der Waals surface area contributed by atoms with Crippen LogP contribution in [0.15, 0.2) is 60.7 Å². The fraction of sp³-hybridized carbons (Fsp3) is 0.455. The van der Waals surface area contributed by atoms with Crippen molar-refractivity contribution in [3.63, 3.8) is 0 Å². The molecular weight excluding hydrogens is 584 g/mol. The number of rotatable bonds is 17. The van der Waals surface area contributed by atoms with Crippen LogP contribution in [0, 0.1) is 0 Å². The van der Waals surface area contributed by atoms with Crippen molar-refractivity contribution in [1.82, 2.24) is 9.80 Å². The van der Waals surface area contributed by atoms with E-state index in [9.17, 15) is 9.59 Å². The largest absolute Gasteiger partial charge is 0.468 e. The molecule has 0 radical (unpaired) electrons. The minimum Gasteiger partial charge on any atom is -0.468 e. The third-order valence-corrected chi connectivity index (χ3v) is 7.87. The zero-order chi connectivity index (χ0) is 31.3. The smallest absolute Gasteiger partial charge is 0.325 e. The van der Waals surface area contributed by atoms with Crippen LogP contribution >= 0.6 is 11.6 Å². The summed E-state index contributed by atoms with van der Waals surface area (Å²) in [5.41, 5.74) is 8.16. The Kier molecular flexibility index (Phi) is 13.2. The molecule has 1 heterocycles. The third-order valence-electron chi connectivity index (χ3n) is 7.63. The first kappa shape index (κ1) is 33.6. The molecule has 0 aliphatic carbocycles. The average molecular weight is 627 g/mol. The van der Waals surface area contributed by atoms with Crippen molar-refractivity contribution >= 4 is 39.9 Å². The topological polar surface area (TPSA) is 116 Å². The molecule has 4 rings (SSSR count). The van der Waals surface area contributed by atoms with Crippen LogP contribution in [-0.2, 0) is 35.0 Å². The SMILES string of the molecule is COC(=O)[C@@H]1[C@@H](c2ccc3ccccc3c2)N(CCc2ccc(Cl)cc2NCCOCCOCCOCCN)C(=O)CN1C. The lowest BCUT2D eigenvalue weighted by Crippen LogP contribution is -2.59. The Hall–Kier alpha value is -3.25. The highest BCUT2D eigenvalue weighted by Gasteiger charge is 2.44. The maximum atomic E-state index is 13.5. The fourth-order valence-corrected chi connectivity index (χ4v) is 5.64. The van der Waals surface area contributed by atoms with E-state index in [0.29, 0.717) is 70.7 Å². The van der Waals surface area contributed by atoms with Gasteiger partial charge in [0, 0.05) is 30.3 Å². The summed E-state index contributed by atoms with van der Waals surface area (Å²) in [7, 11) is 3.18. The number of piperazine rings is 1. The van der Waals surface area contributed by atoms with Crippen molar-refractivity contribution in [2.45, 2.75) is 18.5 Å². The average Bonchev–Trinajstić information content (AvgIpc) is 3.03. The van der Waals surface area contributed by atoms with E-state index in [-0.39, 0.29) is 18.4 Å². The van der Waals surface area contributed by atoms with Gasteiger partial charge in [-0.05, 0) is 53.6 Å². The molecule has 238 valence electrons. The van der Waals surface area contributed by atoms with Crippen LogP contribution in [0.1, 0.15) is 17.2 Å². The van der Waals surface area contributed by atoms with Gasteiger partial charge in [-0.1, -0.05) is 54.1 Å². The van der Waals surface area contributed by atoms with Gasteiger partial charge >= 0.3 is 5.97 Å². The molecule has 1 aliphatic rings. The standard InChI is InChI=1S/C33H43ClN4O6/c1-37-23-30(39)38(31(32(37)33(40)41-2)27-8-7-24-5-3-4-6-26(24)21-27)14-11-25-9-10-28(34)22-29(25)36-13-16-43-18-20-44-19-17-42-15-12-35/h3-10,21-22,31-32,36H,11-20,23,35H2,1-2H3/t31-,32+/m1/s1. The van der Waals surface area contributed by atoms with Crippen LogP contribution in [0.25, 0.3) is 10.8 Å². The maximum Gasteiger partial charge on any atom is 0.325 e. The highest BCUT2D eigenvalue weighted by Crippen LogP contribution is 2.34. The zero-order valence-electron chi connectivity index (χ0n) is 25.5. The Morgan fingerprint density at radius 1 is 0.955 bits per heavy atom. The molecule has 0 bridgehead atoms. The van der Waals surface area contributed by atoms with Crippen LogP contribution < -0.4 is 11.1 Å². The van der Waals surface area contributed by atoms with E-state index in [1.165, 1.54) is 7.11 Å². The Bertz CT molecular complexity index is 1380. The van der Waals surface area contributed by atoms with Crippen molar-refractivity contribution in [1.29, 1.82) is 0 Å². The maximum absolute atomic E-state index is 13.5. The summed E-state index contributed by atoms with van der Waals surface area (Å²) in [5.74, 6) is -0.418. The van der Waals surface area contributed by atoms with E-state index in [2.05, 4.69) is 11.4 Å². The second kappa shape index (κ2) is 17.3. The van der Waals surface area contributed by atoms with Gasteiger partial charge in [0.25, 0.3) is 0 Å². The van der Waals surface area contributed by atoms with Gasteiger partial charge in [0.1, 0.15) is 6.04 Å². The number of nitrogens with two attached hydrogens (primary N) is 1. The molecular formula is C33H43ClN4O6. The molecule has 3 aromatic rings. The lowest BCUT2D eigenvalue weighted by Gasteiger charge is -2.45. The van der Waals surface area contributed by atoms with Crippen molar-refractivity contribution in [2.75, 3.05) is 85.3 Å². The number of carbonyl (C=O) groups is 2. The molecule has 1 aliphatic heterocycles. The number of ether oxygens (including phenoxy) is 4. The quantitative estimate of drug-likeness (QED) is 0.172. The number of hydrogen-bond acceptors (Lipinski definition) is 9. The normalized spacial score (nSPS) is 17.3. The van der Waals surface area contributed by atoms with E-state index in [0.717, 1.165) is 27.6 Å². The molecule has 1 fully saturated rings. The molecule has 3 N–H and O–H groups in total. The van der Waals surface area contributed by atoms with Crippen LogP contribution in [0.2, 0.25) is 5.02 Å². The van der Waals surface area contributed by atoms with Gasteiger partial charge in [0.05, 0.1) is 59.3 Å². The predicted octanol–water partition coefficient (Wildman–Crippen LogP) is 3.51. The number of benzene rings is 3. The summed E-state index contributed by atoms with van der Waals surface area (Å²) in [6.45, 7) is 4.61. The fourth-order valence-electron chi connectivity index (χ4n) is 5.47. The number of amides is 1. The first-order valence-electron chi connectivity index (χ1n) is 14.9. The first-order valence-corrected chi connectivity index (χ1v) is 15.3. The van der Waals surface area contributed by atoms with Crippen LogP contribution in [0.5, 0.6) is 0 Å². The number of halogens is 1. The predicted molar refractivity (Wildman–Crippen MR) is 172 cm³/mol. The minimum absolute atomic E-state index is 0.0455. The Labute approximate surface area is 264 Å². The lowest BCUT2D eigenvalue weighted by molar-refractivity contribution is -0.158. The lowest BCUT2D eigenvalue weighted by atomic mass is 9.91. The van der Waals surface area contributed by atoms with E-state index in [4.69, 9.17) is 36.3 Å². The third kappa shape index (κ3) is 9.13. The van der Waals surface area contributed by atoms with Gasteiger partial charge in [-0.2, -0.15) is 0 Å². The summed E-state index contributed by atoms with van der Waals surface area (Å²) in [6, 6.07) is 18.7. The molecule has 1 saturated heterocycles. The number of nitrogens with one attached hydrogen (secondary N) is 1. The van der Waals surface area contributed by atoms with Gasteiger partial charge in [-0.25, -0.2) is 0 Å². The second-order valence-corrected chi connectivity index (χ2v) is 11.1. The summed E-state index contributed by atoms with van der Waals surface area (Å²) in [6.07, 6.45) is 0.563. The highest BCUT2D eigenvalue weighted by atomic mass is 35.5. The van der Waals surface area contributed by atoms with E-state index >= 15 is 0 Å². The van der Waals surface area contributed by atoms with Crippen molar-refractivity contribution in [2.24, 2.45) is 5.73 Å². The first-order chi connectivity index (χ1) is 21.4. The number of nitrogens with zero attached hydrogens (tertiary/aromatic N) is 2. The monoisotopic (exact) mass is 626 g/mol. The summed E-state index contributed by atoms with van der Waals surface area (Å²) < 4.78 is 21.7. The van der Waals surface area contributed by atoms with Crippen LogP contribution in [-0.4, -0.2) is 108 Å². The molecule has 11 heteroatoms. The molecule has 44 heavy (non-hydrogen) atoms. The highest BCUT2D eigenvalue weighted by molar-refractivity contribution is 6.30. The molecule has 0 aromatic heterocycles. The number of methoxy groups -OCH3 is 1. The Morgan fingerprint density at radius 3 is 2.39 bits per heavy atom. The molecule has 1 amide bonds. The molecule has 0 unspecified atom stereocenters. The summed E-state index contributed by atoms with van der Waals surface area (Å²) >= 11 is 6.34. The second-order valence-electron chi connectivity index (χ2n) is 10.6. The van der Waals surface area contributed by atoms with Gasteiger partial charge in [-0.15, -0.1) is 0 Å². The molecule has 10 nitrogen and oxygen atoms in total. The van der Waals surface area contributed by atoms with E-state index in [1.54, 1.807) is 11.9 Å². The summed E-state index contributed by atoms with van der Waals surface area (Å²) in [4.78, 5) is 30.2. The summed E-state index contributed by atoms with van der Waals surface area (Å²) in [5, 5.41) is 6.16. The van der Waals surface area contributed by atoms with Gasteiger partial charge < -0.3 is 34.9 Å². The number of likely N-dealkylation sites (N-methyl/N-ethyl adjacent to an activating group) is 1. The molecule has 2 atom stereocenters.